The van der Waals surface area contributed by atoms with E-state index in [1.807, 2.05) is 41.8 Å². The molecule has 5 rings (SSSR count). The number of hydrogen-bond donors (Lipinski definition) is 2. The molecule has 1 aliphatic rings. The van der Waals surface area contributed by atoms with Crippen molar-refractivity contribution in [3.8, 4) is 28.1 Å². The van der Waals surface area contributed by atoms with Crippen LogP contribution in [-0.4, -0.2) is 81.4 Å². The molecule has 4 aromatic rings. The Kier molecular flexibility index (Phi) is 11.8. The van der Waals surface area contributed by atoms with Crippen molar-refractivity contribution in [2.45, 2.75) is 72.0 Å². The molecule has 0 bridgehead atoms. The zero-order valence-corrected chi connectivity index (χ0v) is 29.6. The number of piperidine rings is 1. The predicted octanol–water partition coefficient (Wildman–Crippen LogP) is 6.31. The van der Waals surface area contributed by atoms with Gasteiger partial charge in [-0.3, -0.25) is 4.79 Å². The minimum absolute atomic E-state index is 0.0437. The van der Waals surface area contributed by atoms with Gasteiger partial charge in [0.2, 0.25) is 0 Å². The molecule has 2 aromatic carbocycles. The molecule has 1 aliphatic heterocycles. The largest absolute Gasteiger partial charge is 0.507 e. The molecular formula is C38H48N4O7. The highest BCUT2D eigenvalue weighted by molar-refractivity contribution is 5.92. The van der Waals surface area contributed by atoms with Gasteiger partial charge in [0, 0.05) is 41.5 Å². The number of esters is 2. The number of anilines is 1. The van der Waals surface area contributed by atoms with Crippen LogP contribution in [0.2, 0.25) is 0 Å². The molecule has 262 valence electrons. The lowest BCUT2D eigenvalue weighted by molar-refractivity contribution is -0.142. The zero-order valence-electron chi connectivity index (χ0n) is 29.6. The van der Waals surface area contributed by atoms with E-state index in [0.717, 1.165) is 35.5 Å². The molecular weight excluding hydrogens is 624 g/mol. The van der Waals surface area contributed by atoms with E-state index in [1.165, 1.54) is 19.2 Å². The van der Waals surface area contributed by atoms with Crippen LogP contribution in [0.5, 0.6) is 5.75 Å². The smallest absolute Gasteiger partial charge is 0.337 e. The minimum atomic E-state index is -0.500. The summed E-state index contributed by atoms with van der Waals surface area (Å²) in [6.07, 6.45) is 3.45. The van der Waals surface area contributed by atoms with Gasteiger partial charge in [-0.15, -0.1) is 6.58 Å². The molecule has 0 spiro atoms. The second kappa shape index (κ2) is 15.7. The summed E-state index contributed by atoms with van der Waals surface area (Å²) in [5.41, 5.74) is 4.43. The van der Waals surface area contributed by atoms with Crippen LogP contribution >= 0.6 is 0 Å². The maximum atomic E-state index is 12.7. The molecule has 0 saturated carbocycles. The second-order valence-electron chi connectivity index (χ2n) is 13.3. The van der Waals surface area contributed by atoms with E-state index >= 15 is 0 Å². The van der Waals surface area contributed by atoms with Gasteiger partial charge in [-0.2, -0.15) is 9.61 Å². The first-order valence-electron chi connectivity index (χ1n) is 16.5. The number of aliphatic hydroxyl groups is 1. The summed E-state index contributed by atoms with van der Waals surface area (Å²) in [5.74, 6) is 0.0585. The van der Waals surface area contributed by atoms with E-state index in [-0.39, 0.29) is 23.7 Å². The molecule has 0 atom stereocenters. The molecule has 0 unspecified atom stereocenters. The van der Waals surface area contributed by atoms with Crippen LogP contribution in [0.25, 0.3) is 28.0 Å². The molecule has 0 aliphatic carbocycles. The van der Waals surface area contributed by atoms with Gasteiger partial charge in [0.05, 0.1) is 49.2 Å². The molecule has 0 amide bonds. The van der Waals surface area contributed by atoms with E-state index < -0.39 is 11.6 Å². The zero-order chi connectivity index (χ0) is 35.9. The molecule has 2 N–H and O–H groups in total. The van der Waals surface area contributed by atoms with Gasteiger partial charge < -0.3 is 29.3 Å². The van der Waals surface area contributed by atoms with Gasteiger partial charge in [-0.05, 0) is 84.2 Å². The Morgan fingerprint density at radius 2 is 1.76 bits per heavy atom. The average molecular weight is 673 g/mol. The molecule has 11 nitrogen and oxygen atoms in total. The van der Waals surface area contributed by atoms with Crippen LogP contribution in [0, 0.1) is 6.92 Å². The summed E-state index contributed by atoms with van der Waals surface area (Å²) < 4.78 is 18.1. The first-order chi connectivity index (χ1) is 23.2. The van der Waals surface area contributed by atoms with Gasteiger partial charge in [0.15, 0.2) is 5.65 Å². The van der Waals surface area contributed by atoms with Gasteiger partial charge in [0.25, 0.3) is 0 Å². The van der Waals surface area contributed by atoms with Crippen molar-refractivity contribution in [1.29, 1.82) is 0 Å². The summed E-state index contributed by atoms with van der Waals surface area (Å²) in [6.45, 7) is 17.0. The van der Waals surface area contributed by atoms with Gasteiger partial charge in [-0.25, -0.2) is 9.78 Å². The van der Waals surface area contributed by atoms with Crippen molar-refractivity contribution in [2.24, 2.45) is 0 Å². The highest BCUT2D eigenvalue weighted by Crippen LogP contribution is 2.36. The molecule has 1 fully saturated rings. The van der Waals surface area contributed by atoms with Crippen LogP contribution in [0.3, 0.4) is 0 Å². The average Bonchev–Trinajstić information content (AvgIpc) is 3.47. The van der Waals surface area contributed by atoms with E-state index in [2.05, 4.69) is 18.4 Å². The summed E-state index contributed by atoms with van der Waals surface area (Å²) in [4.78, 5) is 31.9. The number of methoxy groups -OCH3 is 1. The van der Waals surface area contributed by atoms with Crippen LogP contribution < -0.4 is 4.90 Å². The summed E-state index contributed by atoms with van der Waals surface area (Å²) in [5, 5.41) is 24.1. The Bertz CT molecular complexity index is 1790. The van der Waals surface area contributed by atoms with Crippen LogP contribution in [0.15, 0.2) is 61.2 Å². The number of benzene rings is 2. The number of hydrogen-bond acceptors (Lipinski definition) is 10. The van der Waals surface area contributed by atoms with Crippen molar-refractivity contribution >= 4 is 23.4 Å². The Balaban J connectivity index is 0.00000101. The fourth-order valence-corrected chi connectivity index (χ4v) is 5.62. The number of carbonyl (C=O) groups excluding carboxylic acids is 2. The van der Waals surface area contributed by atoms with Crippen molar-refractivity contribution in [1.82, 2.24) is 14.6 Å². The van der Waals surface area contributed by atoms with Crippen molar-refractivity contribution < 1.29 is 34.0 Å². The van der Waals surface area contributed by atoms with Crippen molar-refractivity contribution in [2.75, 3.05) is 38.3 Å². The van der Waals surface area contributed by atoms with E-state index in [1.54, 1.807) is 39.8 Å². The second-order valence-corrected chi connectivity index (χ2v) is 13.3. The van der Waals surface area contributed by atoms with Crippen LogP contribution in [0.1, 0.15) is 69.1 Å². The molecule has 11 heteroatoms. The molecule has 0 radical (unpaired) electrons. The lowest BCUT2D eigenvalue weighted by atomic mass is 9.93. The number of rotatable bonds is 10. The maximum Gasteiger partial charge on any atom is 0.337 e. The quantitative estimate of drug-likeness (QED) is 0.146. The number of fused-ring (bicyclic) bond motifs is 1. The first-order valence-corrected chi connectivity index (χ1v) is 16.5. The Labute approximate surface area is 288 Å². The molecule has 2 aromatic heterocycles. The van der Waals surface area contributed by atoms with Crippen molar-refractivity contribution in [3.05, 3.63) is 78.0 Å². The fourth-order valence-electron chi connectivity index (χ4n) is 5.62. The SMILES string of the molecule is C=CCOC1(C)CCN(c2c(CC(=O)OCC)c(C)nc3cc(-c4cccc(-c5cc(C(=O)OC)ccc5O)c4)nn23)CC1.CC(C)(C)O. The Morgan fingerprint density at radius 1 is 1.08 bits per heavy atom. The number of phenols is 1. The highest BCUT2D eigenvalue weighted by atomic mass is 16.5. The maximum absolute atomic E-state index is 12.7. The molecule has 49 heavy (non-hydrogen) atoms. The number of aromatic nitrogens is 3. The van der Waals surface area contributed by atoms with Gasteiger partial charge in [-0.1, -0.05) is 24.3 Å². The summed E-state index contributed by atoms with van der Waals surface area (Å²) >= 11 is 0. The van der Waals surface area contributed by atoms with Gasteiger partial charge >= 0.3 is 11.9 Å². The van der Waals surface area contributed by atoms with Gasteiger partial charge in [0.1, 0.15) is 11.6 Å². The lowest BCUT2D eigenvalue weighted by Crippen LogP contribution is -2.45. The molecule has 3 heterocycles. The number of nitrogens with zero attached hydrogens (tertiary/aromatic N) is 4. The number of phenolic OH excluding ortho intramolecular Hbond substituents is 1. The van der Waals surface area contributed by atoms with Crippen LogP contribution in [-0.2, 0) is 25.4 Å². The third-order valence-electron chi connectivity index (χ3n) is 8.06. The standard InChI is InChI=1S/C34H38N4O6.C4H10O/c1-6-17-44-34(4)13-15-37(16-14-34)32-26(20-31(40)43-7-2)22(3)35-30-21-28(36-38(30)32)24-10-8-9-23(18-24)27-19-25(33(41)42-5)11-12-29(27)39;1-4(2,3)5/h6,8-12,18-19,21,39H,1,7,13-17,20H2,2-5H3;5H,1-3H3. The Hall–Kier alpha value is -4.74. The van der Waals surface area contributed by atoms with E-state index in [9.17, 15) is 14.7 Å². The normalized spacial score (nSPS) is 14.2. The number of aryl methyl sites for hydroxylation is 1. The van der Waals surface area contributed by atoms with Crippen LogP contribution in [0.4, 0.5) is 5.82 Å². The van der Waals surface area contributed by atoms with Crippen molar-refractivity contribution in [3.63, 3.8) is 0 Å². The third-order valence-corrected chi connectivity index (χ3v) is 8.06. The summed E-state index contributed by atoms with van der Waals surface area (Å²) in [7, 11) is 1.32. The predicted molar refractivity (Wildman–Crippen MR) is 190 cm³/mol. The third kappa shape index (κ3) is 9.45. The van der Waals surface area contributed by atoms with E-state index in [4.69, 9.17) is 29.4 Å². The Morgan fingerprint density at radius 3 is 2.39 bits per heavy atom. The topological polar surface area (TPSA) is 136 Å². The minimum Gasteiger partial charge on any atom is -0.507 e. The number of aromatic hydroxyl groups is 1. The monoisotopic (exact) mass is 672 g/mol. The summed E-state index contributed by atoms with van der Waals surface area (Å²) in [6, 6.07) is 14.1. The number of ether oxygens (including phenoxy) is 3. The highest BCUT2D eigenvalue weighted by Gasteiger charge is 2.33. The first kappa shape index (κ1) is 37.1. The fraction of sp³-hybridized carbons (Fsp3) is 0.421. The van der Waals surface area contributed by atoms with E-state index in [0.29, 0.717) is 54.3 Å². The lowest BCUT2D eigenvalue weighted by Gasteiger charge is -2.40. The number of carbonyl (C=O) groups is 2. The molecule has 1 saturated heterocycles.